The van der Waals surface area contributed by atoms with E-state index in [1.165, 1.54) is 28.3 Å². The Bertz CT molecular complexity index is 1420. The van der Waals surface area contributed by atoms with E-state index in [4.69, 9.17) is 0 Å². The molecule has 0 radical (unpaired) electrons. The van der Waals surface area contributed by atoms with Gasteiger partial charge in [-0.15, -0.1) is 15.2 Å². The number of hydrogen-bond acceptors (Lipinski definition) is 8. The average Bonchev–Trinajstić information content (AvgIpc) is 3.52. The zero-order valence-corrected chi connectivity index (χ0v) is 24.5. The number of hydrogen-bond donors (Lipinski definition) is 1. The maximum absolute atomic E-state index is 12.9. The van der Waals surface area contributed by atoms with Crippen molar-refractivity contribution in [2.24, 2.45) is 5.92 Å². The van der Waals surface area contributed by atoms with Gasteiger partial charge in [0.2, 0.25) is 0 Å². The Morgan fingerprint density at radius 1 is 1.23 bits per heavy atom. The fraction of sp³-hybridized carbons (Fsp3) is 0.444. The van der Waals surface area contributed by atoms with Crippen LogP contribution in [-0.2, 0) is 16.0 Å². The van der Waals surface area contributed by atoms with Crippen molar-refractivity contribution >= 4 is 62.3 Å². The Morgan fingerprint density at radius 3 is 2.69 bits per heavy atom. The van der Waals surface area contributed by atoms with Crippen LogP contribution in [0, 0.1) is 5.92 Å². The van der Waals surface area contributed by atoms with Crippen LogP contribution in [0.2, 0.25) is 0 Å². The molecule has 2 amide bonds. The van der Waals surface area contributed by atoms with Gasteiger partial charge in [-0.05, 0) is 58.8 Å². The van der Waals surface area contributed by atoms with Gasteiger partial charge in [-0.25, -0.2) is 4.98 Å². The van der Waals surface area contributed by atoms with Gasteiger partial charge in [0.1, 0.15) is 5.52 Å². The summed E-state index contributed by atoms with van der Waals surface area (Å²) in [6.07, 6.45) is 7.28. The molecular weight excluding hydrogens is 537 g/mol. The van der Waals surface area contributed by atoms with Gasteiger partial charge in [0, 0.05) is 36.6 Å². The number of nitrogens with one attached hydrogen (secondary N) is 1. The highest BCUT2D eigenvalue weighted by atomic mass is 32.2. The number of para-hydroxylation sites is 1. The number of fused-ring (bicyclic) bond motifs is 2. The second kappa shape index (κ2) is 12.4. The first-order valence-corrected chi connectivity index (χ1v) is 14.3. The third-order valence-electron chi connectivity index (χ3n) is 7.02. The summed E-state index contributed by atoms with van der Waals surface area (Å²) in [6.45, 7) is 7.71. The zero-order chi connectivity index (χ0) is 28.2. The van der Waals surface area contributed by atoms with Crippen molar-refractivity contribution < 1.29 is 13.5 Å². The number of halogens is 1. The first kappa shape index (κ1) is 28.9. The van der Waals surface area contributed by atoms with Gasteiger partial charge in [-0.1, -0.05) is 19.1 Å². The second-order valence-electron chi connectivity index (χ2n) is 10.6. The molecule has 208 valence electrons. The number of likely N-dealkylation sites (N-methyl/N-ethyl adjacent to an activating group) is 1. The highest BCUT2D eigenvalue weighted by Gasteiger charge is 2.27. The van der Waals surface area contributed by atoms with E-state index in [0.29, 0.717) is 29.9 Å². The number of carbonyl (C=O) groups excluding carboxylic acids is 2. The largest absolute Gasteiger partial charge is 0.334 e. The number of aromatic nitrogens is 4. The smallest absolute Gasteiger partial charge is 0.314 e. The molecule has 1 fully saturated rings. The summed E-state index contributed by atoms with van der Waals surface area (Å²) in [4.78, 5) is 36.9. The van der Waals surface area contributed by atoms with Gasteiger partial charge < -0.3 is 15.1 Å². The number of likely N-dealkylation sites (tertiary alicyclic amines) is 1. The summed E-state index contributed by atoms with van der Waals surface area (Å²) >= 11 is 1.72. The number of thiazole rings is 1. The van der Waals surface area contributed by atoms with Crippen molar-refractivity contribution in [1.29, 1.82) is 0 Å². The molecule has 1 N–H and O–H groups in total. The van der Waals surface area contributed by atoms with Crippen molar-refractivity contribution in [3.63, 3.8) is 0 Å². The first-order valence-electron chi connectivity index (χ1n) is 12.8. The lowest BCUT2D eigenvalue weighted by Gasteiger charge is -2.31. The highest BCUT2D eigenvalue weighted by Crippen LogP contribution is 2.27. The molecule has 0 aliphatic carbocycles. The molecule has 9 nitrogen and oxygen atoms in total. The second-order valence-corrected chi connectivity index (χ2v) is 12.2. The van der Waals surface area contributed by atoms with E-state index < -0.39 is 11.8 Å². The topological polar surface area (TPSA) is 96.2 Å². The Balaban J connectivity index is 0.000000193. The predicted octanol–water partition coefficient (Wildman–Crippen LogP) is 5.19. The van der Waals surface area contributed by atoms with Crippen molar-refractivity contribution in [1.82, 2.24) is 29.0 Å². The van der Waals surface area contributed by atoms with E-state index in [0.717, 1.165) is 28.9 Å². The molecule has 0 saturated carbocycles. The van der Waals surface area contributed by atoms with Gasteiger partial charge in [0.15, 0.2) is 12.3 Å². The fourth-order valence-corrected chi connectivity index (χ4v) is 5.85. The van der Waals surface area contributed by atoms with Crippen LogP contribution < -0.4 is 5.32 Å². The van der Waals surface area contributed by atoms with Crippen LogP contribution in [-0.4, -0.2) is 73.5 Å². The van der Waals surface area contributed by atoms with Gasteiger partial charge in [0.25, 0.3) is 0 Å². The normalized spacial score (nSPS) is 15.9. The minimum atomic E-state index is -0.745. The van der Waals surface area contributed by atoms with Crippen LogP contribution in [0.5, 0.6) is 0 Å². The van der Waals surface area contributed by atoms with Crippen LogP contribution in [0.3, 0.4) is 0 Å². The van der Waals surface area contributed by atoms with Crippen molar-refractivity contribution in [2.45, 2.75) is 45.6 Å². The molecule has 1 saturated heterocycles. The number of amides is 2. The van der Waals surface area contributed by atoms with Crippen molar-refractivity contribution in [2.75, 3.05) is 32.5 Å². The molecule has 1 atom stereocenters. The molecule has 4 aromatic rings. The van der Waals surface area contributed by atoms with Crippen LogP contribution in [0.15, 0.2) is 42.9 Å². The van der Waals surface area contributed by atoms with Crippen LogP contribution in [0.25, 0.3) is 21.1 Å². The number of benzene rings is 1. The minimum absolute atomic E-state index is 0.0859. The molecule has 1 aromatic carbocycles. The number of rotatable bonds is 5. The molecule has 3 aromatic heterocycles. The van der Waals surface area contributed by atoms with Gasteiger partial charge in [-0.2, -0.15) is 9.19 Å². The lowest BCUT2D eigenvalue weighted by molar-refractivity contribution is -0.144. The lowest BCUT2D eigenvalue weighted by Crippen LogP contribution is -2.44. The molecule has 5 rings (SSSR count). The lowest BCUT2D eigenvalue weighted by atomic mass is 10.00. The number of carbonyl (C=O) groups is 2. The molecule has 1 aliphatic rings. The summed E-state index contributed by atoms with van der Waals surface area (Å²) in [7, 11) is 4.24. The molecule has 39 heavy (non-hydrogen) atoms. The average molecular weight is 572 g/mol. The monoisotopic (exact) mass is 571 g/mol. The summed E-state index contributed by atoms with van der Waals surface area (Å²) in [5.74, 6) is -0.938. The van der Waals surface area contributed by atoms with Crippen LogP contribution >= 0.6 is 23.7 Å². The highest BCUT2D eigenvalue weighted by molar-refractivity contribution is 7.92. The van der Waals surface area contributed by atoms with E-state index in [-0.39, 0.29) is 23.6 Å². The third-order valence-corrected chi connectivity index (χ3v) is 8.47. The summed E-state index contributed by atoms with van der Waals surface area (Å²) in [6, 6.07) is 8.33. The van der Waals surface area contributed by atoms with E-state index in [1.807, 2.05) is 6.07 Å². The fourth-order valence-electron chi connectivity index (χ4n) is 4.31. The van der Waals surface area contributed by atoms with Crippen LogP contribution in [0.1, 0.15) is 38.6 Å². The van der Waals surface area contributed by atoms with E-state index in [2.05, 4.69) is 78.3 Å². The molecular formula is C27H34FN7O2S2. The molecule has 1 unspecified atom stereocenters. The van der Waals surface area contributed by atoms with Crippen molar-refractivity contribution in [3.8, 4) is 0 Å². The summed E-state index contributed by atoms with van der Waals surface area (Å²) in [5, 5.41) is 8.17. The Hall–Kier alpha value is -3.09. The van der Waals surface area contributed by atoms with Gasteiger partial charge in [0.05, 0.1) is 33.3 Å². The van der Waals surface area contributed by atoms with Gasteiger partial charge in [-0.3, -0.25) is 14.6 Å². The van der Waals surface area contributed by atoms with E-state index in [1.54, 1.807) is 16.2 Å². The standard InChI is InChI=1S/C14H16FN5O2S.C13H18N2S/c1-9-3-2-4-19(8-9)14(22)13(21)18-11-7-16-5-10-6-17-20(23-15)12(10)11;1-13(2,15(3)4)9-12-14-10-7-5-6-8-11(10)16-12/h5-7,9H,2-4,8H2,1H3,(H,18,21);5-8H,9H2,1-4H3. The van der Waals surface area contributed by atoms with E-state index in [9.17, 15) is 13.5 Å². The summed E-state index contributed by atoms with van der Waals surface area (Å²) in [5.41, 5.74) is 1.92. The maximum atomic E-state index is 12.9. The Morgan fingerprint density at radius 2 is 2.00 bits per heavy atom. The quantitative estimate of drug-likeness (QED) is 0.330. The number of pyridine rings is 1. The Labute approximate surface area is 236 Å². The number of nitrogens with zero attached hydrogens (tertiary/aromatic N) is 6. The van der Waals surface area contributed by atoms with Crippen LogP contribution in [0.4, 0.5) is 9.57 Å². The van der Waals surface area contributed by atoms with Crippen molar-refractivity contribution in [3.05, 3.63) is 47.9 Å². The molecule has 1 aliphatic heterocycles. The Kier molecular flexibility index (Phi) is 9.19. The molecule has 0 bridgehead atoms. The van der Waals surface area contributed by atoms with Gasteiger partial charge >= 0.3 is 11.8 Å². The number of piperidine rings is 1. The first-order chi connectivity index (χ1) is 18.6. The predicted molar refractivity (Wildman–Crippen MR) is 156 cm³/mol. The number of anilines is 1. The summed E-state index contributed by atoms with van der Waals surface area (Å²) < 4.78 is 15.2. The third kappa shape index (κ3) is 6.92. The molecule has 4 heterocycles. The molecule has 0 spiro atoms. The maximum Gasteiger partial charge on any atom is 0.314 e. The minimum Gasteiger partial charge on any atom is -0.334 e. The zero-order valence-electron chi connectivity index (χ0n) is 22.8. The van der Waals surface area contributed by atoms with E-state index >= 15 is 0 Å². The molecule has 12 heteroatoms. The SMILES string of the molecule is CC1CCCN(C(=O)C(=O)Nc2cncc3cnn(SF)c23)C1.CN(C)C(C)(C)Cc1nc2ccccc2s1.